The zero-order chi connectivity index (χ0) is 22.1. The minimum Gasteiger partial charge on any atom is -0.508 e. The molecular formula is C24H19N4O3S+. The number of nitrogens with one attached hydrogen (secondary N) is 1. The third-order valence-corrected chi connectivity index (χ3v) is 6.03. The zero-order valence-corrected chi connectivity index (χ0v) is 17.9. The fourth-order valence-electron chi connectivity index (χ4n) is 3.29. The third-order valence-electron chi connectivity index (χ3n) is 4.84. The quantitative estimate of drug-likeness (QED) is 0.336. The summed E-state index contributed by atoms with van der Waals surface area (Å²) in [6, 6.07) is 20.0. The van der Waals surface area contributed by atoms with Crippen LogP contribution in [0.1, 0.15) is 11.4 Å². The minimum atomic E-state index is 0.206. The first-order valence-electron chi connectivity index (χ1n) is 9.85. The van der Waals surface area contributed by atoms with Crippen LogP contribution < -0.4 is 9.53 Å². The van der Waals surface area contributed by atoms with Gasteiger partial charge < -0.3 is 14.9 Å². The van der Waals surface area contributed by atoms with E-state index in [9.17, 15) is 10.2 Å². The molecule has 7 nitrogen and oxygen atoms in total. The molecule has 0 bridgehead atoms. The monoisotopic (exact) mass is 443 g/mol. The summed E-state index contributed by atoms with van der Waals surface area (Å²) in [6.07, 6.45) is 3.76. The van der Waals surface area contributed by atoms with Gasteiger partial charge in [0.05, 0.1) is 9.98 Å². The topological polar surface area (TPSA) is 95.1 Å². The van der Waals surface area contributed by atoms with Gasteiger partial charge in [-0.15, -0.1) is 11.3 Å². The van der Waals surface area contributed by atoms with Crippen molar-refractivity contribution in [3.63, 3.8) is 0 Å². The lowest BCUT2D eigenvalue weighted by atomic mass is 10.1. The number of benzene rings is 3. The molecule has 5 rings (SSSR count). The predicted molar refractivity (Wildman–Crippen MR) is 124 cm³/mol. The van der Waals surface area contributed by atoms with E-state index in [-0.39, 0.29) is 11.5 Å². The first-order chi connectivity index (χ1) is 15.5. The van der Waals surface area contributed by atoms with Crippen LogP contribution in [-0.4, -0.2) is 25.6 Å². The molecule has 5 aromatic rings. The highest BCUT2D eigenvalue weighted by Crippen LogP contribution is 2.47. The molecule has 2 heterocycles. The second kappa shape index (κ2) is 8.16. The Morgan fingerprint density at radius 3 is 2.41 bits per heavy atom. The molecule has 158 valence electrons. The summed E-state index contributed by atoms with van der Waals surface area (Å²) in [7, 11) is 1.78. The van der Waals surface area contributed by atoms with Crippen molar-refractivity contribution >= 4 is 33.6 Å². The van der Waals surface area contributed by atoms with Crippen LogP contribution in [0.4, 0.5) is 0 Å². The third kappa shape index (κ3) is 4.03. The van der Waals surface area contributed by atoms with E-state index in [1.165, 1.54) is 16.1 Å². The molecule has 0 aliphatic heterocycles. The molecule has 0 unspecified atom stereocenters. The van der Waals surface area contributed by atoms with Gasteiger partial charge in [0.2, 0.25) is 0 Å². The fourth-order valence-corrected chi connectivity index (χ4v) is 4.46. The number of phenols is 2. The van der Waals surface area contributed by atoms with Crippen molar-refractivity contribution < 1.29 is 19.7 Å². The van der Waals surface area contributed by atoms with E-state index in [2.05, 4.69) is 15.4 Å². The van der Waals surface area contributed by atoms with E-state index in [0.29, 0.717) is 17.3 Å². The number of ether oxygens (including phenoxy) is 1. The van der Waals surface area contributed by atoms with Crippen molar-refractivity contribution in [2.24, 2.45) is 7.05 Å². The van der Waals surface area contributed by atoms with Crippen LogP contribution >= 0.6 is 11.3 Å². The van der Waals surface area contributed by atoms with Crippen LogP contribution in [0.15, 0.2) is 66.7 Å². The summed E-state index contributed by atoms with van der Waals surface area (Å²) < 4.78 is 7.24. The van der Waals surface area contributed by atoms with Gasteiger partial charge in [0.1, 0.15) is 24.3 Å². The molecule has 3 aromatic carbocycles. The maximum absolute atomic E-state index is 9.91. The van der Waals surface area contributed by atoms with E-state index in [1.54, 1.807) is 31.3 Å². The van der Waals surface area contributed by atoms with Crippen LogP contribution in [0, 0.1) is 0 Å². The number of thiophene rings is 1. The highest BCUT2D eigenvalue weighted by atomic mass is 32.1. The molecule has 0 saturated heterocycles. The van der Waals surface area contributed by atoms with Crippen molar-refractivity contribution in [2.75, 3.05) is 0 Å². The molecule has 0 atom stereocenters. The van der Waals surface area contributed by atoms with Gasteiger partial charge in [0, 0.05) is 16.2 Å². The van der Waals surface area contributed by atoms with Crippen LogP contribution in [0.3, 0.4) is 0 Å². The molecule has 32 heavy (non-hydrogen) atoms. The van der Waals surface area contributed by atoms with E-state index >= 15 is 0 Å². The normalized spacial score (nSPS) is 11.4. The van der Waals surface area contributed by atoms with E-state index < -0.39 is 0 Å². The Hall–Kier alpha value is -4.17. The van der Waals surface area contributed by atoms with Gasteiger partial charge in [-0.25, -0.2) is 0 Å². The Bertz CT molecular complexity index is 1420. The molecule has 0 fully saturated rings. The number of H-pyrrole nitrogens is 1. The number of aromatic nitrogens is 4. The van der Waals surface area contributed by atoms with Gasteiger partial charge in [0.25, 0.3) is 0 Å². The average Bonchev–Trinajstić information content (AvgIpc) is 3.37. The summed E-state index contributed by atoms with van der Waals surface area (Å²) in [5.74, 6) is 2.42. The van der Waals surface area contributed by atoms with Gasteiger partial charge in [-0.1, -0.05) is 16.9 Å². The Labute approximate surface area is 187 Å². The largest absolute Gasteiger partial charge is 0.508 e. The number of tetrazole rings is 1. The lowest BCUT2D eigenvalue weighted by Gasteiger charge is -2.09. The number of nitrogens with zero attached hydrogens (tertiary/aromatic N) is 3. The van der Waals surface area contributed by atoms with Gasteiger partial charge in [-0.05, 0) is 82.1 Å². The molecule has 0 saturated carbocycles. The maximum Gasteiger partial charge on any atom is 0.331 e. The highest BCUT2D eigenvalue weighted by Gasteiger charge is 2.17. The second-order valence-corrected chi connectivity index (χ2v) is 8.24. The summed E-state index contributed by atoms with van der Waals surface area (Å²) in [5.41, 5.74) is 1.92. The van der Waals surface area contributed by atoms with Crippen LogP contribution in [0.5, 0.6) is 23.0 Å². The first-order valence-corrected chi connectivity index (χ1v) is 10.7. The van der Waals surface area contributed by atoms with Crippen LogP contribution in [0.2, 0.25) is 0 Å². The van der Waals surface area contributed by atoms with Crippen molar-refractivity contribution in [3.8, 4) is 33.4 Å². The SMILES string of the molecule is C[n+]1nc(/C=C/c2ccc(Oc3c(-c4ccc(O)cc4)sc4cc(O)ccc34)cc2)n[nH]1. The molecule has 0 aliphatic rings. The van der Waals surface area contributed by atoms with Crippen molar-refractivity contribution in [1.82, 2.24) is 15.4 Å². The number of phenolic OH excluding ortho intramolecular Hbond substituents is 2. The molecule has 0 aliphatic carbocycles. The smallest absolute Gasteiger partial charge is 0.331 e. The number of aryl methyl sites for hydroxylation is 1. The van der Waals surface area contributed by atoms with Crippen molar-refractivity contribution in [1.29, 1.82) is 0 Å². The number of fused-ring (bicyclic) bond motifs is 1. The molecule has 0 amide bonds. The van der Waals surface area contributed by atoms with Gasteiger partial charge in [0.15, 0.2) is 5.75 Å². The lowest BCUT2D eigenvalue weighted by Crippen LogP contribution is -2.33. The number of aromatic amines is 1. The van der Waals surface area contributed by atoms with Gasteiger partial charge >= 0.3 is 5.82 Å². The van der Waals surface area contributed by atoms with E-state index in [1.807, 2.05) is 54.6 Å². The highest BCUT2D eigenvalue weighted by molar-refractivity contribution is 7.22. The Kier molecular flexibility index (Phi) is 5.04. The molecule has 0 spiro atoms. The summed E-state index contributed by atoms with van der Waals surface area (Å²) in [4.78, 5) is 2.46. The van der Waals surface area contributed by atoms with E-state index in [4.69, 9.17) is 4.74 Å². The van der Waals surface area contributed by atoms with Crippen molar-refractivity contribution in [3.05, 3.63) is 78.1 Å². The molecular weight excluding hydrogens is 424 g/mol. The first kappa shape index (κ1) is 19.8. The maximum atomic E-state index is 9.91. The predicted octanol–water partition coefficient (Wildman–Crippen LogP) is 4.88. The Morgan fingerprint density at radius 1 is 0.938 bits per heavy atom. The van der Waals surface area contributed by atoms with Crippen molar-refractivity contribution in [2.45, 2.75) is 0 Å². The summed E-state index contributed by atoms with van der Waals surface area (Å²) >= 11 is 1.53. The average molecular weight is 444 g/mol. The minimum absolute atomic E-state index is 0.206. The fraction of sp³-hybridized carbons (Fsp3) is 0.0417. The Balaban J connectivity index is 1.47. The lowest BCUT2D eigenvalue weighted by molar-refractivity contribution is -0.784. The Morgan fingerprint density at radius 2 is 1.69 bits per heavy atom. The van der Waals surface area contributed by atoms with Crippen LogP contribution in [-0.2, 0) is 7.05 Å². The van der Waals surface area contributed by atoms with Gasteiger partial charge in [-0.3, -0.25) is 0 Å². The number of rotatable bonds is 5. The van der Waals surface area contributed by atoms with Crippen LogP contribution in [0.25, 0.3) is 32.7 Å². The van der Waals surface area contributed by atoms with E-state index in [0.717, 1.165) is 26.1 Å². The number of aromatic hydroxyl groups is 2. The molecule has 0 radical (unpaired) electrons. The number of hydrogen-bond donors (Lipinski definition) is 3. The molecule has 3 N–H and O–H groups in total. The molecule has 8 heteroatoms. The number of hydrogen-bond acceptors (Lipinski definition) is 6. The summed E-state index contributed by atoms with van der Waals surface area (Å²) in [5, 5.41) is 31.4. The zero-order valence-electron chi connectivity index (χ0n) is 17.1. The summed E-state index contributed by atoms with van der Waals surface area (Å²) in [6.45, 7) is 0. The standard InChI is InChI=1S/C24H18N4O3S/c1-28-26-22(25-27-28)13-4-15-2-10-19(11-3-15)31-23-20-12-9-18(30)14-21(20)32-24(23)16-5-7-17(29)8-6-16/h2-14H,1H3,(H2,25,26,27,29,30)/p+1/b13-4+. The second-order valence-electron chi connectivity index (χ2n) is 7.19. The molecule has 2 aromatic heterocycles. The van der Waals surface area contributed by atoms with Gasteiger partial charge in [-0.2, -0.15) is 0 Å².